The van der Waals surface area contributed by atoms with E-state index in [0.29, 0.717) is 11.6 Å². The normalized spacial score (nSPS) is 20.1. The van der Waals surface area contributed by atoms with Gasteiger partial charge in [-0.3, -0.25) is 4.90 Å². The molecule has 0 aliphatic carbocycles. The first-order valence-electron chi connectivity index (χ1n) is 7.38. The lowest BCUT2D eigenvalue weighted by Crippen LogP contribution is -2.43. The van der Waals surface area contributed by atoms with Crippen molar-refractivity contribution < 1.29 is 19.4 Å². The van der Waals surface area contributed by atoms with E-state index in [-0.39, 0.29) is 6.61 Å². The van der Waals surface area contributed by atoms with Crippen LogP contribution in [0.3, 0.4) is 0 Å². The standard InChI is InChI=1S/C16H17N3O4S/c1-18-8-7-17-13(18)14-19(12(10-24-14)15(20)21)16(22)23-9-11-5-3-2-4-6-11/h2-8,12,14H,9-10H2,1H3,(H,20,21). The molecular formula is C16H17N3O4S. The van der Waals surface area contributed by atoms with Crippen LogP contribution in [0.15, 0.2) is 42.7 Å². The minimum Gasteiger partial charge on any atom is -0.480 e. The van der Waals surface area contributed by atoms with Crippen LogP contribution >= 0.6 is 11.8 Å². The number of amides is 1. The molecule has 2 aromatic rings. The number of imidazole rings is 1. The highest BCUT2D eigenvalue weighted by atomic mass is 32.2. The van der Waals surface area contributed by atoms with Crippen LogP contribution in [-0.4, -0.2) is 43.4 Å². The molecule has 24 heavy (non-hydrogen) atoms. The third-order valence-electron chi connectivity index (χ3n) is 3.78. The predicted octanol–water partition coefficient (Wildman–Crippen LogP) is 2.26. The number of aromatic nitrogens is 2. The summed E-state index contributed by atoms with van der Waals surface area (Å²) in [7, 11) is 1.81. The number of ether oxygens (including phenoxy) is 1. The second kappa shape index (κ2) is 6.96. The molecule has 1 N–H and O–H groups in total. The molecule has 0 spiro atoms. The second-order valence-electron chi connectivity index (χ2n) is 5.38. The van der Waals surface area contributed by atoms with E-state index in [9.17, 15) is 14.7 Å². The van der Waals surface area contributed by atoms with Crippen LogP contribution in [0, 0.1) is 0 Å². The average molecular weight is 347 g/mol. The molecule has 1 fully saturated rings. The van der Waals surface area contributed by atoms with Crippen LogP contribution in [0.2, 0.25) is 0 Å². The van der Waals surface area contributed by atoms with Crippen molar-refractivity contribution in [2.45, 2.75) is 18.0 Å². The van der Waals surface area contributed by atoms with E-state index in [1.807, 2.05) is 37.4 Å². The minimum atomic E-state index is -1.05. The van der Waals surface area contributed by atoms with Gasteiger partial charge in [-0.25, -0.2) is 14.6 Å². The summed E-state index contributed by atoms with van der Waals surface area (Å²) >= 11 is 1.37. The first kappa shape index (κ1) is 16.4. The zero-order valence-corrected chi connectivity index (χ0v) is 13.8. The maximum Gasteiger partial charge on any atom is 0.412 e. The molecular weight excluding hydrogens is 330 g/mol. The first-order valence-corrected chi connectivity index (χ1v) is 8.43. The van der Waals surface area contributed by atoms with Crippen LogP contribution in [0.1, 0.15) is 16.8 Å². The summed E-state index contributed by atoms with van der Waals surface area (Å²) < 4.78 is 7.11. The van der Waals surface area contributed by atoms with Gasteiger partial charge in [0.05, 0.1) is 0 Å². The molecule has 126 valence electrons. The van der Waals surface area contributed by atoms with Gasteiger partial charge in [-0.2, -0.15) is 0 Å². The molecule has 1 aromatic carbocycles. The molecule has 0 bridgehead atoms. The summed E-state index contributed by atoms with van der Waals surface area (Å²) in [6.07, 6.45) is 2.74. The number of carbonyl (C=O) groups is 2. The number of hydrogen-bond donors (Lipinski definition) is 1. The molecule has 7 nitrogen and oxygen atoms in total. The third kappa shape index (κ3) is 3.23. The molecule has 2 atom stereocenters. The third-order valence-corrected chi connectivity index (χ3v) is 5.04. The number of carboxylic acids is 1. The number of carbonyl (C=O) groups excluding carboxylic acids is 1. The molecule has 1 amide bonds. The maximum absolute atomic E-state index is 12.5. The van der Waals surface area contributed by atoms with Gasteiger partial charge >= 0.3 is 12.1 Å². The van der Waals surface area contributed by atoms with Crippen molar-refractivity contribution in [3.8, 4) is 0 Å². The molecule has 1 aliphatic rings. The summed E-state index contributed by atoms with van der Waals surface area (Å²) in [6.45, 7) is 0.0977. The van der Waals surface area contributed by atoms with E-state index in [4.69, 9.17) is 4.74 Å². The number of carboxylic acid groups (broad SMARTS) is 1. The summed E-state index contributed by atoms with van der Waals surface area (Å²) in [5.74, 6) is -0.121. The Kier molecular flexibility index (Phi) is 4.75. The Labute approximate surface area is 143 Å². The highest BCUT2D eigenvalue weighted by molar-refractivity contribution is 7.99. The molecule has 2 heterocycles. The molecule has 3 rings (SSSR count). The van der Waals surface area contributed by atoms with Crippen LogP contribution in [-0.2, 0) is 23.2 Å². The summed E-state index contributed by atoms with van der Waals surface area (Å²) in [4.78, 5) is 29.5. The smallest absolute Gasteiger partial charge is 0.412 e. The van der Waals surface area contributed by atoms with Crippen molar-refractivity contribution in [1.82, 2.24) is 14.5 Å². The Morgan fingerprint density at radius 3 is 2.75 bits per heavy atom. The SMILES string of the molecule is Cn1ccnc1C1SCC(C(=O)O)N1C(=O)OCc1ccccc1. The first-order chi connectivity index (χ1) is 11.6. The zero-order chi connectivity index (χ0) is 17.1. The fraction of sp³-hybridized carbons (Fsp3) is 0.312. The maximum atomic E-state index is 12.5. The van der Waals surface area contributed by atoms with Crippen LogP contribution in [0.4, 0.5) is 4.79 Å². The topological polar surface area (TPSA) is 84.7 Å². The lowest BCUT2D eigenvalue weighted by Gasteiger charge is -2.26. The Hall–Kier alpha value is -2.48. The Morgan fingerprint density at radius 1 is 1.38 bits per heavy atom. The van der Waals surface area contributed by atoms with Gasteiger partial charge in [0, 0.05) is 25.2 Å². The van der Waals surface area contributed by atoms with Gasteiger partial charge in [0.15, 0.2) is 0 Å². The Balaban J connectivity index is 1.78. The number of aliphatic carboxylic acids is 1. The number of nitrogens with zero attached hydrogens (tertiary/aromatic N) is 3. The van der Waals surface area contributed by atoms with Gasteiger partial charge < -0.3 is 14.4 Å². The van der Waals surface area contributed by atoms with E-state index in [1.54, 1.807) is 17.0 Å². The number of hydrogen-bond acceptors (Lipinski definition) is 5. The molecule has 8 heteroatoms. The number of thioether (sulfide) groups is 1. The van der Waals surface area contributed by atoms with Gasteiger partial charge in [0.1, 0.15) is 23.8 Å². The van der Waals surface area contributed by atoms with Crippen molar-refractivity contribution in [2.75, 3.05) is 5.75 Å². The van der Waals surface area contributed by atoms with E-state index >= 15 is 0 Å². The molecule has 1 saturated heterocycles. The van der Waals surface area contributed by atoms with Gasteiger partial charge in [-0.1, -0.05) is 30.3 Å². The van der Waals surface area contributed by atoms with Crippen molar-refractivity contribution in [3.05, 3.63) is 54.1 Å². The average Bonchev–Trinajstić information content (AvgIpc) is 3.19. The van der Waals surface area contributed by atoms with Crippen molar-refractivity contribution in [3.63, 3.8) is 0 Å². The quantitative estimate of drug-likeness (QED) is 0.913. The fourth-order valence-corrected chi connectivity index (χ4v) is 3.97. The Morgan fingerprint density at radius 2 is 2.12 bits per heavy atom. The zero-order valence-electron chi connectivity index (χ0n) is 13.0. The van der Waals surface area contributed by atoms with E-state index < -0.39 is 23.5 Å². The molecule has 1 aliphatic heterocycles. The number of benzene rings is 1. The highest BCUT2D eigenvalue weighted by Gasteiger charge is 2.45. The van der Waals surface area contributed by atoms with E-state index in [0.717, 1.165) is 5.56 Å². The lowest BCUT2D eigenvalue weighted by atomic mass is 10.2. The van der Waals surface area contributed by atoms with Gasteiger partial charge in [-0.05, 0) is 5.56 Å². The fourth-order valence-electron chi connectivity index (χ4n) is 2.53. The summed E-state index contributed by atoms with van der Waals surface area (Å²) in [5.41, 5.74) is 0.845. The Bertz CT molecular complexity index is 734. The monoisotopic (exact) mass is 347 g/mol. The lowest BCUT2D eigenvalue weighted by molar-refractivity contribution is -0.141. The second-order valence-corrected chi connectivity index (χ2v) is 6.50. The van der Waals surface area contributed by atoms with Crippen molar-refractivity contribution in [2.24, 2.45) is 7.05 Å². The molecule has 0 radical (unpaired) electrons. The summed E-state index contributed by atoms with van der Waals surface area (Å²) in [5, 5.41) is 8.93. The minimum absolute atomic E-state index is 0.0977. The van der Waals surface area contributed by atoms with Gasteiger partial charge in [-0.15, -0.1) is 11.8 Å². The van der Waals surface area contributed by atoms with Crippen molar-refractivity contribution >= 4 is 23.8 Å². The molecule has 0 saturated carbocycles. The van der Waals surface area contributed by atoms with Gasteiger partial charge in [0.2, 0.25) is 0 Å². The largest absolute Gasteiger partial charge is 0.480 e. The van der Waals surface area contributed by atoms with Gasteiger partial charge in [0.25, 0.3) is 0 Å². The highest BCUT2D eigenvalue weighted by Crippen LogP contribution is 2.41. The number of rotatable bonds is 4. The van der Waals surface area contributed by atoms with Crippen LogP contribution < -0.4 is 0 Å². The summed E-state index contributed by atoms with van der Waals surface area (Å²) in [6, 6.07) is 8.34. The predicted molar refractivity (Wildman–Crippen MR) is 88.3 cm³/mol. The van der Waals surface area contributed by atoms with Crippen LogP contribution in [0.5, 0.6) is 0 Å². The number of aryl methyl sites for hydroxylation is 1. The molecule has 1 aromatic heterocycles. The molecule has 2 unspecified atom stereocenters. The van der Waals surface area contributed by atoms with E-state index in [1.165, 1.54) is 16.7 Å². The van der Waals surface area contributed by atoms with Crippen LogP contribution in [0.25, 0.3) is 0 Å². The van der Waals surface area contributed by atoms with E-state index in [2.05, 4.69) is 4.98 Å². The van der Waals surface area contributed by atoms with Crippen molar-refractivity contribution in [1.29, 1.82) is 0 Å².